The van der Waals surface area contributed by atoms with Crippen LogP contribution < -0.4 is 11.3 Å². The minimum Gasteiger partial charge on any atom is -0.465 e. The number of hydrazine groups is 1. The van der Waals surface area contributed by atoms with Crippen molar-refractivity contribution in [1.82, 2.24) is 10.3 Å². The Bertz CT molecular complexity index is 234. The maximum absolute atomic E-state index is 11.2. The molecule has 0 aromatic heterocycles. The average Bonchev–Trinajstić information content (AvgIpc) is 1.99. The lowest BCUT2D eigenvalue weighted by molar-refractivity contribution is -0.127. The highest BCUT2D eigenvalue weighted by Crippen LogP contribution is 2.17. The van der Waals surface area contributed by atoms with E-state index in [2.05, 4.69) is 0 Å². The molecule has 0 unspecified atom stereocenters. The summed E-state index contributed by atoms with van der Waals surface area (Å²) >= 11 is 0. The molecule has 0 spiro atoms. The molecule has 4 N–H and O–H groups in total. The summed E-state index contributed by atoms with van der Waals surface area (Å²) in [4.78, 5) is 23.1. The Morgan fingerprint density at radius 3 is 2.07 bits per heavy atom. The van der Waals surface area contributed by atoms with Gasteiger partial charge in [0, 0.05) is 5.54 Å². The number of carbonyl (C=O) groups excluding carboxylic acids is 1. The van der Waals surface area contributed by atoms with Gasteiger partial charge in [-0.3, -0.25) is 15.1 Å². The molecular formula is C8H17N3O3. The van der Waals surface area contributed by atoms with Crippen LogP contribution in [0.15, 0.2) is 0 Å². The van der Waals surface area contributed by atoms with E-state index in [9.17, 15) is 9.59 Å². The highest BCUT2D eigenvalue weighted by atomic mass is 16.4. The van der Waals surface area contributed by atoms with E-state index in [0.29, 0.717) is 0 Å². The number of nitrogens with two attached hydrogens (primary N) is 1. The van der Waals surface area contributed by atoms with E-state index in [1.807, 2.05) is 5.43 Å². The van der Waals surface area contributed by atoms with Crippen LogP contribution >= 0.6 is 0 Å². The van der Waals surface area contributed by atoms with Crippen molar-refractivity contribution in [2.75, 3.05) is 0 Å². The van der Waals surface area contributed by atoms with Crippen LogP contribution in [0.5, 0.6) is 0 Å². The lowest BCUT2D eigenvalue weighted by Gasteiger charge is -2.36. The normalized spacial score (nSPS) is 13.2. The number of carbonyl (C=O) groups is 2. The average molecular weight is 203 g/mol. The standard InChI is InChI=1S/C8H17N3O3/c1-5(6(12)10-9)11(7(13)14)8(2,3)4/h5H,9H2,1-4H3,(H,10,12)(H,13,14)/t5-/m1/s1. The first kappa shape index (κ1) is 12.7. The predicted molar refractivity (Wildman–Crippen MR) is 51.4 cm³/mol. The first-order chi connectivity index (χ1) is 6.21. The number of hydrogen-bond acceptors (Lipinski definition) is 3. The molecule has 0 aliphatic carbocycles. The van der Waals surface area contributed by atoms with Crippen molar-refractivity contribution in [2.24, 2.45) is 5.84 Å². The third kappa shape index (κ3) is 2.88. The number of carboxylic acid groups (broad SMARTS) is 1. The van der Waals surface area contributed by atoms with Crippen LogP contribution in [0, 0.1) is 0 Å². The lowest BCUT2D eigenvalue weighted by Crippen LogP contribution is -2.56. The summed E-state index contributed by atoms with van der Waals surface area (Å²) in [5.41, 5.74) is 1.29. The van der Waals surface area contributed by atoms with Gasteiger partial charge >= 0.3 is 6.09 Å². The molecule has 0 aliphatic heterocycles. The molecule has 0 rings (SSSR count). The molecular weight excluding hydrogens is 186 g/mol. The quantitative estimate of drug-likeness (QED) is 0.338. The molecule has 14 heavy (non-hydrogen) atoms. The minimum absolute atomic E-state index is 0.526. The van der Waals surface area contributed by atoms with Gasteiger partial charge < -0.3 is 5.11 Å². The monoisotopic (exact) mass is 203 g/mol. The zero-order valence-electron chi connectivity index (χ0n) is 8.87. The third-order valence-electron chi connectivity index (χ3n) is 1.84. The van der Waals surface area contributed by atoms with Crippen molar-refractivity contribution in [3.05, 3.63) is 0 Å². The molecule has 2 amide bonds. The number of amides is 2. The van der Waals surface area contributed by atoms with E-state index in [4.69, 9.17) is 10.9 Å². The van der Waals surface area contributed by atoms with Crippen LogP contribution in [0.25, 0.3) is 0 Å². The maximum Gasteiger partial charge on any atom is 0.408 e. The summed E-state index contributed by atoms with van der Waals surface area (Å²) in [5, 5.41) is 8.93. The summed E-state index contributed by atoms with van der Waals surface area (Å²) in [7, 11) is 0. The Hall–Kier alpha value is -1.30. The van der Waals surface area contributed by atoms with Crippen LogP contribution in [0.3, 0.4) is 0 Å². The van der Waals surface area contributed by atoms with Gasteiger partial charge in [0.15, 0.2) is 0 Å². The smallest absolute Gasteiger partial charge is 0.408 e. The first-order valence-corrected chi connectivity index (χ1v) is 4.24. The Balaban J connectivity index is 4.85. The second-order valence-corrected chi connectivity index (χ2v) is 4.01. The van der Waals surface area contributed by atoms with Gasteiger partial charge in [0.05, 0.1) is 0 Å². The fourth-order valence-corrected chi connectivity index (χ4v) is 1.27. The zero-order valence-corrected chi connectivity index (χ0v) is 8.87. The summed E-state index contributed by atoms with van der Waals surface area (Å²) in [5.74, 6) is 4.41. The van der Waals surface area contributed by atoms with Crippen molar-refractivity contribution < 1.29 is 14.7 Å². The third-order valence-corrected chi connectivity index (χ3v) is 1.84. The number of nitrogens with zero attached hydrogens (tertiary/aromatic N) is 1. The minimum atomic E-state index is -1.14. The van der Waals surface area contributed by atoms with E-state index in [1.165, 1.54) is 6.92 Å². The van der Waals surface area contributed by atoms with Crippen molar-refractivity contribution in [3.8, 4) is 0 Å². The second-order valence-electron chi connectivity index (χ2n) is 4.01. The largest absolute Gasteiger partial charge is 0.465 e. The molecule has 0 fully saturated rings. The molecule has 82 valence electrons. The molecule has 1 atom stereocenters. The fraction of sp³-hybridized carbons (Fsp3) is 0.750. The molecule has 0 saturated heterocycles. The van der Waals surface area contributed by atoms with Crippen LogP contribution in [0.1, 0.15) is 27.7 Å². The van der Waals surface area contributed by atoms with Gasteiger partial charge in [-0.1, -0.05) is 0 Å². The molecule has 0 aromatic carbocycles. The lowest BCUT2D eigenvalue weighted by atomic mass is 10.0. The van der Waals surface area contributed by atoms with Gasteiger partial charge in [-0.15, -0.1) is 0 Å². The Labute approximate surface area is 83.0 Å². The molecule has 6 heteroatoms. The molecule has 6 nitrogen and oxygen atoms in total. The van der Waals surface area contributed by atoms with Crippen LogP contribution in [0.4, 0.5) is 4.79 Å². The summed E-state index contributed by atoms with van der Waals surface area (Å²) in [6.07, 6.45) is -1.14. The summed E-state index contributed by atoms with van der Waals surface area (Å²) < 4.78 is 0. The van der Waals surface area contributed by atoms with E-state index in [1.54, 1.807) is 20.8 Å². The SMILES string of the molecule is C[C@H](C(=O)NN)N(C(=O)O)C(C)(C)C. The number of rotatable bonds is 2. The predicted octanol–water partition coefficient (Wildman–Crippen LogP) is 0.143. The first-order valence-electron chi connectivity index (χ1n) is 4.24. The Kier molecular flexibility index (Phi) is 3.88. The van der Waals surface area contributed by atoms with Gasteiger partial charge in [0.25, 0.3) is 5.91 Å². The van der Waals surface area contributed by atoms with E-state index < -0.39 is 23.6 Å². The van der Waals surface area contributed by atoms with Crippen molar-refractivity contribution in [2.45, 2.75) is 39.3 Å². The van der Waals surface area contributed by atoms with Gasteiger partial charge in [-0.25, -0.2) is 10.6 Å². The van der Waals surface area contributed by atoms with Crippen molar-refractivity contribution in [3.63, 3.8) is 0 Å². The van der Waals surface area contributed by atoms with Gasteiger partial charge in [0.2, 0.25) is 0 Å². The van der Waals surface area contributed by atoms with E-state index in [0.717, 1.165) is 4.90 Å². The molecule has 0 heterocycles. The second kappa shape index (κ2) is 4.28. The topological polar surface area (TPSA) is 95.7 Å². The van der Waals surface area contributed by atoms with Crippen molar-refractivity contribution in [1.29, 1.82) is 0 Å². The van der Waals surface area contributed by atoms with Gasteiger partial charge in [0.1, 0.15) is 6.04 Å². The Morgan fingerprint density at radius 2 is 1.86 bits per heavy atom. The van der Waals surface area contributed by atoms with Gasteiger partial charge in [-0.05, 0) is 27.7 Å². The van der Waals surface area contributed by atoms with E-state index >= 15 is 0 Å². The molecule has 0 saturated carbocycles. The highest BCUT2D eigenvalue weighted by Gasteiger charge is 2.34. The molecule has 0 bridgehead atoms. The molecule has 0 aromatic rings. The zero-order chi connectivity index (χ0) is 11.5. The van der Waals surface area contributed by atoms with Gasteiger partial charge in [-0.2, -0.15) is 0 Å². The fourth-order valence-electron chi connectivity index (χ4n) is 1.27. The van der Waals surface area contributed by atoms with Crippen molar-refractivity contribution >= 4 is 12.0 Å². The van der Waals surface area contributed by atoms with Crippen LogP contribution in [-0.4, -0.2) is 33.6 Å². The number of hydrogen-bond donors (Lipinski definition) is 3. The maximum atomic E-state index is 11.2. The highest BCUT2D eigenvalue weighted by molar-refractivity contribution is 5.84. The van der Waals surface area contributed by atoms with Crippen LogP contribution in [-0.2, 0) is 4.79 Å². The van der Waals surface area contributed by atoms with Crippen LogP contribution in [0.2, 0.25) is 0 Å². The number of nitrogens with one attached hydrogen (secondary N) is 1. The summed E-state index contributed by atoms with van der Waals surface area (Å²) in [6.45, 7) is 6.62. The molecule has 0 radical (unpaired) electrons. The summed E-state index contributed by atoms with van der Waals surface area (Å²) in [6, 6.07) is -0.808. The van der Waals surface area contributed by atoms with E-state index in [-0.39, 0.29) is 0 Å². The molecule has 0 aliphatic rings. The Morgan fingerprint density at radius 1 is 1.43 bits per heavy atom.